The first kappa shape index (κ1) is 18.2. The van der Waals surface area contributed by atoms with E-state index in [1.54, 1.807) is 12.1 Å². The van der Waals surface area contributed by atoms with E-state index in [-0.39, 0.29) is 11.8 Å². The zero-order chi connectivity index (χ0) is 16.6. The number of carbonyl (C=O) groups is 2. The van der Waals surface area contributed by atoms with Gasteiger partial charge in [0.1, 0.15) is 0 Å². The molecule has 1 aliphatic heterocycles. The monoisotopic (exact) mass is 306 g/mol. The lowest BCUT2D eigenvalue weighted by Crippen LogP contribution is -2.51. The molecule has 0 saturated carbocycles. The van der Waals surface area contributed by atoms with Gasteiger partial charge in [0, 0.05) is 25.3 Å². The van der Waals surface area contributed by atoms with Gasteiger partial charge in [-0.25, -0.2) is 0 Å². The van der Waals surface area contributed by atoms with Gasteiger partial charge in [0.15, 0.2) is 0 Å². The summed E-state index contributed by atoms with van der Waals surface area (Å²) in [7, 11) is 0. The molecule has 3 N–H and O–H groups in total. The maximum absolute atomic E-state index is 12.1. The van der Waals surface area contributed by atoms with Crippen LogP contribution in [0.5, 0.6) is 0 Å². The number of nitrogens with one attached hydrogen (secondary N) is 1. The number of hydrogen-bond donors (Lipinski definition) is 2. The molecule has 0 aromatic heterocycles. The van der Waals surface area contributed by atoms with Gasteiger partial charge in [-0.1, -0.05) is 19.1 Å². The maximum atomic E-state index is 12.1. The normalized spacial score (nSPS) is 20.9. The number of rotatable bonds is 4. The lowest BCUT2D eigenvalue weighted by Gasteiger charge is -2.34. The van der Waals surface area contributed by atoms with Crippen LogP contribution in [0.3, 0.4) is 0 Å². The van der Waals surface area contributed by atoms with Crippen LogP contribution < -0.4 is 11.1 Å². The molecule has 1 aliphatic rings. The second-order valence-corrected chi connectivity index (χ2v) is 5.22. The molecule has 1 unspecified atom stereocenters. The summed E-state index contributed by atoms with van der Waals surface area (Å²) in [5, 5.41) is 2.43. The van der Waals surface area contributed by atoms with Crippen LogP contribution in [-0.2, 0) is 19.7 Å². The highest BCUT2D eigenvalue weighted by molar-refractivity contribution is 6.03. The lowest BCUT2D eigenvalue weighted by molar-refractivity contribution is -0.138. The zero-order valence-corrected chi connectivity index (χ0v) is 13.6. The number of amides is 2. The summed E-state index contributed by atoms with van der Waals surface area (Å²) < 4.78 is 4.83. The van der Waals surface area contributed by atoms with Crippen molar-refractivity contribution in [2.45, 2.75) is 45.4 Å². The zero-order valence-electron chi connectivity index (χ0n) is 13.6. The SMILES string of the molecule is CCC1(c2ccc(N)cc2)CCC(=O)NC1=O.CCOCC. The first-order valence-corrected chi connectivity index (χ1v) is 7.78. The van der Waals surface area contributed by atoms with Crippen LogP contribution in [-0.4, -0.2) is 25.0 Å². The molecule has 5 nitrogen and oxygen atoms in total. The number of benzene rings is 1. The number of carbonyl (C=O) groups excluding carboxylic acids is 2. The van der Waals surface area contributed by atoms with Crippen LogP contribution in [0.1, 0.15) is 45.6 Å². The third-order valence-electron chi connectivity index (χ3n) is 3.94. The molecule has 1 saturated heterocycles. The van der Waals surface area contributed by atoms with E-state index in [0.29, 0.717) is 24.9 Å². The highest BCUT2D eigenvalue weighted by Crippen LogP contribution is 2.35. The van der Waals surface area contributed by atoms with Crippen molar-refractivity contribution >= 4 is 17.5 Å². The summed E-state index contributed by atoms with van der Waals surface area (Å²) >= 11 is 0. The molecular formula is C17H26N2O3. The number of imide groups is 1. The molecule has 1 atom stereocenters. The van der Waals surface area contributed by atoms with Crippen LogP contribution in [0.2, 0.25) is 0 Å². The van der Waals surface area contributed by atoms with Crippen molar-refractivity contribution in [3.05, 3.63) is 29.8 Å². The van der Waals surface area contributed by atoms with Crippen molar-refractivity contribution in [2.24, 2.45) is 0 Å². The average Bonchev–Trinajstić information content (AvgIpc) is 2.51. The quantitative estimate of drug-likeness (QED) is 0.661. The smallest absolute Gasteiger partial charge is 0.237 e. The number of hydrogen-bond acceptors (Lipinski definition) is 4. The summed E-state index contributed by atoms with van der Waals surface area (Å²) in [4.78, 5) is 23.3. The molecule has 22 heavy (non-hydrogen) atoms. The Bertz CT molecular complexity index is 497. The third kappa shape index (κ3) is 4.31. The Kier molecular flexibility index (Phi) is 7.05. The van der Waals surface area contributed by atoms with Gasteiger partial charge < -0.3 is 10.5 Å². The minimum atomic E-state index is -0.582. The van der Waals surface area contributed by atoms with Gasteiger partial charge in [0.05, 0.1) is 5.41 Å². The van der Waals surface area contributed by atoms with Crippen molar-refractivity contribution in [1.29, 1.82) is 0 Å². The summed E-state index contributed by atoms with van der Waals surface area (Å²) in [6.07, 6.45) is 1.64. The van der Waals surface area contributed by atoms with Crippen LogP contribution in [0, 0.1) is 0 Å². The Balaban J connectivity index is 0.000000422. The van der Waals surface area contributed by atoms with Gasteiger partial charge in [0.25, 0.3) is 0 Å². The highest BCUT2D eigenvalue weighted by Gasteiger charge is 2.42. The van der Waals surface area contributed by atoms with Crippen molar-refractivity contribution < 1.29 is 14.3 Å². The van der Waals surface area contributed by atoms with Crippen molar-refractivity contribution in [1.82, 2.24) is 5.32 Å². The third-order valence-corrected chi connectivity index (χ3v) is 3.94. The number of nitrogens with two attached hydrogens (primary N) is 1. The summed E-state index contributed by atoms with van der Waals surface area (Å²) in [6, 6.07) is 7.31. The highest BCUT2D eigenvalue weighted by atomic mass is 16.5. The molecule has 0 bridgehead atoms. The molecule has 1 heterocycles. The van der Waals surface area contributed by atoms with Crippen LogP contribution in [0.4, 0.5) is 5.69 Å². The first-order chi connectivity index (χ1) is 10.5. The van der Waals surface area contributed by atoms with Gasteiger partial charge in [-0.2, -0.15) is 0 Å². The minimum Gasteiger partial charge on any atom is -0.399 e. The van der Waals surface area contributed by atoms with E-state index < -0.39 is 5.41 Å². The molecule has 0 radical (unpaired) electrons. The van der Waals surface area contributed by atoms with Crippen molar-refractivity contribution in [3.8, 4) is 0 Å². The molecule has 122 valence electrons. The van der Waals surface area contributed by atoms with Gasteiger partial charge in [0.2, 0.25) is 11.8 Å². The predicted octanol–water partition coefficient (Wildman–Crippen LogP) is 2.40. The molecule has 2 amide bonds. The van der Waals surface area contributed by atoms with Gasteiger partial charge in [-0.15, -0.1) is 0 Å². The fourth-order valence-corrected chi connectivity index (χ4v) is 2.57. The largest absolute Gasteiger partial charge is 0.399 e. The standard InChI is InChI=1S/C13H16N2O2.C4H10O/c1-2-13(8-7-11(16)15-12(13)17)9-3-5-10(14)6-4-9;1-3-5-4-2/h3-6H,2,7-8,14H2,1H3,(H,15,16,17);3-4H2,1-2H3. The topological polar surface area (TPSA) is 81.4 Å². The first-order valence-electron chi connectivity index (χ1n) is 7.78. The Hall–Kier alpha value is -1.88. The summed E-state index contributed by atoms with van der Waals surface area (Å²) in [5.74, 6) is -0.379. The molecule has 1 aromatic rings. The van der Waals surface area contributed by atoms with Crippen molar-refractivity contribution in [2.75, 3.05) is 18.9 Å². The molecule has 1 fully saturated rings. The minimum absolute atomic E-state index is 0.186. The Morgan fingerprint density at radius 2 is 1.73 bits per heavy atom. The second-order valence-electron chi connectivity index (χ2n) is 5.22. The molecule has 2 rings (SSSR count). The lowest BCUT2D eigenvalue weighted by atomic mass is 9.72. The predicted molar refractivity (Wildman–Crippen MR) is 87.4 cm³/mol. The molecular weight excluding hydrogens is 280 g/mol. The van der Waals surface area contributed by atoms with Crippen LogP contribution >= 0.6 is 0 Å². The van der Waals surface area contributed by atoms with E-state index in [0.717, 1.165) is 18.8 Å². The molecule has 0 spiro atoms. The van der Waals surface area contributed by atoms with Gasteiger partial charge >= 0.3 is 0 Å². The van der Waals surface area contributed by atoms with E-state index in [1.807, 2.05) is 32.9 Å². The van der Waals surface area contributed by atoms with Gasteiger partial charge in [-0.3, -0.25) is 14.9 Å². The Labute approximate surface area is 132 Å². The molecule has 0 aliphatic carbocycles. The summed E-state index contributed by atoms with van der Waals surface area (Å²) in [5.41, 5.74) is 6.66. The number of nitrogen functional groups attached to an aromatic ring is 1. The average molecular weight is 306 g/mol. The van der Waals surface area contributed by atoms with Crippen LogP contribution in [0.25, 0.3) is 0 Å². The van der Waals surface area contributed by atoms with E-state index >= 15 is 0 Å². The maximum Gasteiger partial charge on any atom is 0.237 e. The van der Waals surface area contributed by atoms with E-state index in [1.165, 1.54) is 0 Å². The van der Waals surface area contributed by atoms with Crippen molar-refractivity contribution in [3.63, 3.8) is 0 Å². The number of anilines is 1. The fourth-order valence-electron chi connectivity index (χ4n) is 2.57. The van der Waals surface area contributed by atoms with E-state index in [2.05, 4.69) is 5.32 Å². The Morgan fingerprint density at radius 1 is 1.14 bits per heavy atom. The molecule has 1 aromatic carbocycles. The van der Waals surface area contributed by atoms with E-state index in [9.17, 15) is 9.59 Å². The van der Waals surface area contributed by atoms with Crippen LogP contribution in [0.15, 0.2) is 24.3 Å². The fraction of sp³-hybridized carbons (Fsp3) is 0.529. The second kappa shape index (κ2) is 8.54. The molecule has 5 heteroatoms. The number of ether oxygens (including phenoxy) is 1. The van der Waals surface area contributed by atoms with Gasteiger partial charge in [-0.05, 0) is 44.4 Å². The Morgan fingerprint density at radius 3 is 2.14 bits per heavy atom. The van der Waals surface area contributed by atoms with E-state index in [4.69, 9.17) is 10.5 Å². The number of piperidine rings is 1. The summed E-state index contributed by atoms with van der Waals surface area (Å²) in [6.45, 7) is 7.63.